The van der Waals surface area contributed by atoms with Crippen molar-refractivity contribution in [2.45, 2.75) is 65.1 Å². The van der Waals surface area contributed by atoms with E-state index in [0.29, 0.717) is 5.92 Å². The number of hydrogen-bond donors (Lipinski definition) is 0. The molecule has 0 amide bonds. The number of ether oxygens (including phenoxy) is 2. The van der Waals surface area contributed by atoms with E-state index in [-0.39, 0.29) is 23.7 Å². The quantitative estimate of drug-likeness (QED) is 0.505. The van der Waals surface area contributed by atoms with Crippen molar-refractivity contribution in [2.75, 3.05) is 0 Å². The maximum atomic E-state index is 12.1. The van der Waals surface area contributed by atoms with Gasteiger partial charge in [-0.05, 0) is 38.5 Å². The minimum Gasteiger partial charge on any atom is -0.432 e. The topological polar surface area (TPSA) is 54.0 Å². The number of hydrogen-bond acceptors (Lipinski definition) is 5. The molecule has 20 heavy (non-hydrogen) atoms. The highest BCUT2D eigenvalue weighted by Gasteiger charge is 2.66. The molecule has 114 valence electrons. The van der Waals surface area contributed by atoms with Crippen LogP contribution in [-0.2, 0) is 24.0 Å². The average Bonchev–Trinajstić information content (AvgIpc) is 2.37. The fourth-order valence-corrected chi connectivity index (χ4v) is 3.94. The van der Waals surface area contributed by atoms with E-state index in [1.807, 2.05) is 6.92 Å². The van der Waals surface area contributed by atoms with E-state index in [4.69, 9.17) is 19.2 Å². The lowest BCUT2D eigenvalue weighted by molar-refractivity contribution is -0.565. The SMILES string of the molecule is C[C@@H]1CC[C@H]2[C@@H](C)C(=O)O[C@@H]3OC(C)(C)OO[C@@]32[C@H]1C. The Kier molecular flexibility index (Phi) is 3.16. The van der Waals surface area contributed by atoms with Gasteiger partial charge in [-0.1, -0.05) is 20.8 Å². The molecule has 2 heterocycles. The van der Waals surface area contributed by atoms with Gasteiger partial charge in [-0.15, -0.1) is 0 Å². The number of esters is 1. The molecule has 0 aromatic rings. The van der Waals surface area contributed by atoms with Crippen LogP contribution in [-0.4, -0.2) is 23.6 Å². The molecule has 0 N–H and O–H groups in total. The Bertz CT molecular complexity index is 420. The maximum Gasteiger partial charge on any atom is 0.311 e. The van der Waals surface area contributed by atoms with E-state index >= 15 is 0 Å². The second kappa shape index (κ2) is 4.42. The molecule has 0 unspecified atom stereocenters. The minimum absolute atomic E-state index is 0.0797. The van der Waals surface area contributed by atoms with E-state index < -0.39 is 17.7 Å². The predicted molar refractivity (Wildman–Crippen MR) is 70.2 cm³/mol. The summed E-state index contributed by atoms with van der Waals surface area (Å²) in [5, 5.41) is 0. The van der Waals surface area contributed by atoms with Crippen molar-refractivity contribution in [1.29, 1.82) is 0 Å². The fourth-order valence-electron chi connectivity index (χ4n) is 3.94. The van der Waals surface area contributed by atoms with Crippen LogP contribution in [0.25, 0.3) is 0 Å². The molecule has 1 saturated carbocycles. The highest BCUT2D eigenvalue weighted by molar-refractivity contribution is 5.74. The Hall–Kier alpha value is -0.650. The van der Waals surface area contributed by atoms with Crippen LogP contribution in [0.1, 0.15) is 47.5 Å². The van der Waals surface area contributed by atoms with Crippen LogP contribution in [0.5, 0.6) is 0 Å². The van der Waals surface area contributed by atoms with Gasteiger partial charge in [0.1, 0.15) is 0 Å². The summed E-state index contributed by atoms with van der Waals surface area (Å²) < 4.78 is 11.4. The van der Waals surface area contributed by atoms with E-state index in [1.54, 1.807) is 13.8 Å². The van der Waals surface area contributed by atoms with Gasteiger partial charge in [-0.2, -0.15) is 0 Å². The first-order valence-corrected chi connectivity index (χ1v) is 7.53. The van der Waals surface area contributed by atoms with Crippen molar-refractivity contribution in [3.8, 4) is 0 Å². The summed E-state index contributed by atoms with van der Waals surface area (Å²) in [6, 6.07) is 0. The molecule has 0 aromatic heterocycles. The number of carbonyl (C=O) groups excluding carboxylic acids is 1. The van der Waals surface area contributed by atoms with Gasteiger partial charge in [0.15, 0.2) is 11.4 Å². The zero-order valence-corrected chi connectivity index (χ0v) is 12.8. The summed E-state index contributed by atoms with van der Waals surface area (Å²) >= 11 is 0. The van der Waals surface area contributed by atoms with Gasteiger partial charge in [0.2, 0.25) is 6.29 Å². The van der Waals surface area contributed by atoms with Crippen LogP contribution in [0, 0.1) is 23.7 Å². The molecule has 0 radical (unpaired) electrons. The third-order valence-corrected chi connectivity index (χ3v) is 5.42. The van der Waals surface area contributed by atoms with Crippen molar-refractivity contribution in [2.24, 2.45) is 23.7 Å². The largest absolute Gasteiger partial charge is 0.432 e. The summed E-state index contributed by atoms with van der Waals surface area (Å²) in [5.41, 5.74) is -0.680. The van der Waals surface area contributed by atoms with E-state index in [2.05, 4.69) is 13.8 Å². The van der Waals surface area contributed by atoms with Gasteiger partial charge in [0.25, 0.3) is 0 Å². The van der Waals surface area contributed by atoms with Gasteiger partial charge in [0, 0.05) is 5.92 Å². The van der Waals surface area contributed by atoms with Crippen LogP contribution < -0.4 is 0 Å². The zero-order valence-electron chi connectivity index (χ0n) is 12.8. The van der Waals surface area contributed by atoms with E-state index in [9.17, 15) is 4.79 Å². The van der Waals surface area contributed by atoms with Crippen LogP contribution in [0.4, 0.5) is 0 Å². The average molecular weight is 284 g/mol. The smallest absolute Gasteiger partial charge is 0.311 e. The van der Waals surface area contributed by atoms with Crippen molar-refractivity contribution in [1.82, 2.24) is 0 Å². The first kappa shape index (κ1) is 14.3. The van der Waals surface area contributed by atoms with Gasteiger partial charge in [-0.25, -0.2) is 9.78 Å². The van der Waals surface area contributed by atoms with Gasteiger partial charge < -0.3 is 9.47 Å². The third kappa shape index (κ3) is 1.83. The molecule has 3 aliphatic rings. The highest BCUT2D eigenvalue weighted by atomic mass is 17.3. The van der Waals surface area contributed by atoms with Crippen LogP contribution in [0.15, 0.2) is 0 Å². The second-order valence-corrected chi connectivity index (χ2v) is 7.05. The second-order valence-electron chi connectivity index (χ2n) is 7.05. The van der Waals surface area contributed by atoms with Crippen LogP contribution in [0.3, 0.4) is 0 Å². The summed E-state index contributed by atoms with van der Waals surface area (Å²) in [5.74, 6) is -0.518. The predicted octanol–water partition coefficient (Wildman–Crippen LogP) is 2.64. The lowest BCUT2D eigenvalue weighted by Gasteiger charge is -2.59. The van der Waals surface area contributed by atoms with Gasteiger partial charge >= 0.3 is 5.97 Å². The molecule has 0 bridgehead atoms. The molecule has 0 aromatic carbocycles. The monoisotopic (exact) mass is 284 g/mol. The molecule has 2 saturated heterocycles. The van der Waals surface area contributed by atoms with Crippen molar-refractivity contribution < 1.29 is 24.0 Å². The van der Waals surface area contributed by atoms with E-state index in [1.165, 1.54) is 0 Å². The molecule has 3 rings (SSSR count). The lowest BCUT2D eigenvalue weighted by atomic mass is 9.59. The van der Waals surface area contributed by atoms with Gasteiger partial charge in [0.05, 0.1) is 5.92 Å². The lowest BCUT2D eigenvalue weighted by Crippen LogP contribution is -2.70. The molecular formula is C15H24O5. The van der Waals surface area contributed by atoms with Crippen LogP contribution >= 0.6 is 0 Å². The molecule has 5 heteroatoms. The molecular weight excluding hydrogens is 260 g/mol. The fraction of sp³-hybridized carbons (Fsp3) is 0.933. The molecule has 2 aliphatic heterocycles. The Morgan fingerprint density at radius 3 is 2.50 bits per heavy atom. The molecule has 5 nitrogen and oxygen atoms in total. The number of rotatable bonds is 0. The first-order chi connectivity index (χ1) is 9.28. The summed E-state index contributed by atoms with van der Waals surface area (Å²) in [4.78, 5) is 23.5. The Balaban J connectivity index is 2.02. The molecule has 1 spiro atoms. The van der Waals surface area contributed by atoms with Crippen molar-refractivity contribution in [3.63, 3.8) is 0 Å². The summed E-state index contributed by atoms with van der Waals surface area (Å²) in [6.45, 7) is 9.78. The van der Waals surface area contributed by atoms with Crippen molar-refractivity contribution in [3.05, 3.63) is 0 Å². The van der Waals surface area contributed by atoms with Crippen molar-refractivity contribution >= 4 is 5.97 Å². The van der Waals surface area contributed by atoms with E-state index in [0.717, 1.165) is 12.8 Å². The Labute approximate surface area is 119 Å². The maximum absolute atomic E-state index is 12.1. The highest BCUT2D eigenvalue weighted by Crippen LogP contribution is 2.55. The third-order valence-electron chi connectivity index (χ3n) is 5.42. The minimum atomic E-state index is -0.901. The number of carbonyl (C=O) groups is 1. The Morgan fingerprint density at radius 2 is 1.80 bits per heavy atom. The van der Waals surface area contributed by atoms with Gasteiger partial charge in [-0.3, -0.25) is 4.79 Å². The zero-order chi connectivity index (χ0) is 14.7. The van der Waals surface area contributed by atoms with Crippen LogP contribution in [0.2, 0.25) is 0 Å². The molecule has 3 fully saturated rings. The molecule has 6 atom stereocenters. The normalized spacial score (nSPS) is 50.9. The standard InChI is InChI=1S/C15H24O5/c1-8-6-7-11-9(2)12(16)17-13-15(11,10(8)3)20-19-14(4,5)18-13/h8-11,13H,6-7H2,1-5H3/t8-,9-,10+,11+,13-,15-/m1/s1. The Morgan fingerprint density at radius 1 is 1.10 bits per heavy atom. The first-order valence-electron chi connectivity index (χ1n) is 7.53. The summed E-state index contributed by atoms with van der Waals surface area (Å²) in [6.07, 6.45) is 1.34. The molecule has 1 aliphatic carbocycles. The summed E-state index contributed by atoms with van der Waals surface area (Å²) in [7, 11) is 0.